The Kier molecular flexibility index (Phi) is 32.4. The second-order valence-electron chi connectivity index (χ2n) is 15.5. The zero-order valence-electron chi connectivity index (χ0n) is 33.6. The number of rotatable bonds is 36. The van der Waals surface area contributed by atoms with E-state index in [2.05, 4.69) is 19.2 Å². The van der Waals surface area contributed by atoms with E-state index in [4.69, 9.17) is 9.47 Å². The highest BCUT2D eigenvalue weighted by Crippen LogP contribution is 2.22. The van der Waals surface area contributed by atoms with Crippen molar-refractivity contribution in [3.05, 3.63) is 12.2 Å². The molecule has 0 aliphatic carbocycles. The van der Waals surface area contributed by atoms with Crippen LogP contribution in [0.2, 0.25) is 0 Å². The van der Waals surface area contributed by atoms with E-state index in [1.165, 1.54) is 128 Å². The van der Waals surface area contributed by atoms with Crippen LogP contribution in [0.25, 0.3) is 0 Å². The molecule has 0 radical (unpaired) electrons. The SMILES string of the molecule is CCCCCCCCCCCCCCCCCCCCCCCC/C=C/C(O)C(COC1OC(CO)C(O)C(O)C1O)NC(=O)CCCCCCC. The summed E-state index contributed by atoms with van der Waals surface area (Å²) in [5, 5.41) is 53.8. The largest absolute Gasteiger partial charge is 0.394 e. The Hall–Kier alpha value is -1.07. The van der Waals surface area contributed by atoms with E-state index in [0.29, 0.717) is 6.42 Å². The van der Waals surface area contributed by atoms with E-state index < -0.39 is 49.5 Å². The van der Waals surface area contributed by atoms with E-state index in [9.17, 15) is 30.3 Å². The molecule has 1 aliphatic heterocycles. The molecule has 9 heteroatoms. The first-order valence-electron chi connectivity index (χ1n) is 21.9. The number of amides is 1. The average Bonchev–Trinajstić information content (AvgIpc) is 3.14. The van der Waals surface area contributed by atoms with Crippen molar-refractivity contribution < 1.29 is 39.8 Å². The molecule has 1 fully saturated rings. The summed E-state index contributed by atoms with van der Waals surface area (Å²) >= 11 is 0. The molecule has 1 amide bonds. The van der Waals surface area contributed by atoms with Gasteiger partial charge in [-0.05, 0) is 19.3 Å². The minimum Gasteiger partial charge on any atom is -0.394 e. The second-order valence-corrected chi connectivity index (χ2v) is 15.5. The highest BCUT2D eigenvalue weighted by Gasteiger charge is 2.44. The summed E-state index contributed by atoms with van der Waals surface area (Å²) in [7, 11) is 0. The molecule has 52 heavy (non-hydrogen) atoms. The third kappa shape index (κ3) is 25.1. The van der Waals surface area contributed by atoms with Crippen molar-refractivity contribution in [2.24, 2.45) is 0 Å². The van der Waals surface area contributed by atoms with E-state index in [-0.39, 0.29) is 12.5 Å². The molecule has 1 rings (SSSR count). The predicted octanol–water partition coefficient (Wildman–Crippen LogP) is 8.56. The lowest BCUT2D eigenvalue weighted by Gasteiger charge is -2.40. The number of hydrogen-bond donors (Lipinski definition) is 6. The monoisotopic (exact) mass is 742 g/mol. The molecule has 0 bridgehead atoms. The van der Waals surface area contributed by atoms with Gasteiger partial charge in [-0.25, -0.2) is 0 Å². The first kappa shape index (κ1) is 48.9. The van der Waals surface area contributed by atoms with Crippen molar-refractivity contribution in [1.82, 2.24) is 5.32 Å². The van der Waals surface area contributed by atoms with Gasteiger partial charge in [0.2, 0.25) is 5.91 Å². The van der Waals surface area contributed by atoms with Crippen LogP contribution in [0.1, 0.15) is 200 Å². The fourth-order valence-electron chi connectivity index (χ4n) is 7.04. The summed E-state index contributed by atoms with van der Waals surface area (Å²) in [6.45, 7) is 3.68. The Morgan fingerprint density at radius 1 is 0.635 bits per heavy atom. The third-order valence-electron chi connectivity index (χ3n) is 10.6. The summed E-state index contributed by atoms with van der Waals surface area (Å²) in [6, 6.07) is -0.795. The summed E-state index contributed by atoms with van der Waals surface area (Å²) < 4.78 is 11.1. The fraction of sp³-hybridized carbons (Fsp3) is 0.930. The number of nitrogens with one attached hydrogen (secondary N) is 1. The molecule has 6 N–H and O–H groups in total. The van der Waals surface area contributed by atoms with Crippen molar-refractivity contribution in [2.75, 3.05) is 13.2 Å². The van der Waals surface area contributed by atoms with Crippen LogP contribution in [0.3, 0.4) is 0 Å². The van der Waals surface area contributed by atoms with Gasteiger partial charge in [-0.3, -0.25) is 4.79 Å². The molecule has 0 saturated carbocycles. The van der Waals surface area contributed by atoms with Crippen molar-refractivity contribution in [1.29, 1.82) is 0 Å². The molecular formula is C43H83NO8. The second kappa shape index (κ2) is 34.4. The first-order chi connectivity index (χ1) is 25.3. The van der Waals surface area contributed by atoms with Crippen LogP contribution in [0, 0.1) is 0 Å². The summed E-state index contributed by atoms with van der Waals surface area (Å²) in [6.07, 6.45) is 31.7. The number of unbranched alkanes of at least 4 members (excludes halogenated alkanes) is 26. The normalized spacial score (nSPS) is 21.9. The summed E-state index contributed by atoms with van der Waals surface area (Å²) in [5.74, 6) is -0.189. The molecule has 1 saturated heterocycles. The highest BCUT2D eigenvalue weighted by atomic mass is 16.7. The predicted molar refractivity (Wildman–Crippen MR) is 212 cm³/mol. The molecule has 0 spiro atoms. The van der Waals surface area contributed by atoms with Crippen molar-refractivity contribution in [2.45, 2.75) is 243 Å². The number of ether oxygens (including phenoxy) is 2. The van der Waals surface area contributed by atoms with Gasteiger partial charge in [0.15, 0.2) is 6.29 Å². The molecular weight excluding hydrogens is 658 g/mol. The number of aliphatic hydroxyl groups is 5. The number of carbonyl (C=O) groups is 1. The van der Waals surface area contributed by atoms with Crippen LogP contribution < -0.4 is 5.32 Å². The number of carbonyl (C=O) groups excluding carboxylic acids is 1. The number of aliphatic hydroxyl groups excluding tert-OH is 5. The quantitative estimate of drug-likeness (QED) is 0.0277. The Morgan fingerprint density at radius 2 is 1.06 bits per heavy atom. The lowest BCUT2D eigenvalue weighted by atomic mass is 9.99. The first-order valence-corrected chi connectivity index (χ1v) is 21.9. The molecule has 0 aromatic rings. The minimum absolute atomic E-state index is 0.185. The van der Waals surface area contributed by atoms with Crippen LogP contribution in [0.15, 0.2) is 12.2 Å². The van der Waals surface area contributed by atoms with E-state index in [1.54, 1.807) is 6.08 Å². The van der Waals surface area contributed by atoms with E-state index >= 15 is 0 Å². The molecule has 7 unspecified atom stereocenters. The van der Waals surface area contributed by atoms with Gasteiger partial charge in [0.05, 0.1) is 25.4 Å². The van der Waals surface area contributed by atoms with Gasteiger partial charge in [0.1, 0.15) is 24.4 Å². The maximum atomic E-state index is 12.7. The average molecular weight is 742 g/mol. The van der Waals surface area contributed by atoms with Crippen LogP contribution in [-0.2, 0) is 14.3 Å². The smallest absolute Gasteiger partial charge is 0.220 e. The lowest BCUT2D eigenvalue weighted by molar-refractivity contribution is -0.302. The topological polar surface area (TPSA) is 149 Å². The van der Waals surface area contributed by atoms with Crippen molar-refractivity contribution >= 4 is 5.91 Å². The Morgan fingerprint density at radius 3 is 1.50 bits per heavy atom. The van der Waals surface area contributed by atoms with Crippen LogP contribution in [0.5, 0.6) is 0 Å². The number of hydrogen-bond acceptors (Lipinski definition) is 8. The van der Waals surface area contributed by atoms with Crippen LogP contribution in [0.4, 0.5) is 0 Å². The lowest BCUT2D eigenvalue weighted by Crippen LogP contribution is -2.60. The van der Waals surface area contributed by atoms with Gasteiger partial charge < -0.3 is 40.3 Å². The zero-order valence-corrected chi connectivity index (χ0v) is 33.6. The third-order valence-corrected chi connectivity index (χ3v) is 10.6. The van der Waals surface area contributed by atoms with Crippen LogP contribution in [-0.4, -0.2) is 87.5 Å². The Labute approximate surface area is 318 Å². The van der Waals surface area contributed by atoms with E-state index in [0.717, 1.165) is 51.4 Å². The van der Waals surface area contributed by atoms with Crippen molar-refractivity contribution in [3.63, 3.8) is 0 Å². The zero-order chi connectivity index (χ0) is 38.1. The highest BCUT2D eigenvalue weighted by molar-refractivity contribution is 5.76. The van der Waals surface area contributed by atoms with Gasteiger partial charge in [0.25, 0.3) is 0 Å². The molecule has 0 aromatic carbocycles. The van der Waals surface area contributed by atoms with Gasteiger partial charge in [-0.1, -0.05) is 187 Å². The van der Waals surface area contributed by atoms with Crippen molar-refractivity contribution in [3.8, 4) is 0 Å². The Bertz CT molecular complexity index is 827. The standard InChI is InChI=1S/C43H83NO8/c1-3-5-7-9-10-11-12-13-14-15-16-17-18-19-20-21-22-23-24-25-26-27-29-30-32-37(46)36(44-39(47)33-31-28-8-6-4-2)35-51-43-42(50)41(49)40(48)38(34-45)52-43/h30,32,36-38,40-43,45-46,48-50H,3-29,31,33-35H2,1-2H3,(H,44,47)/b32-30+. The van der Waals surface area contributed by atoms with Gasteiger partial charge in [-0.15, -0.1) is 0 Å². The fourth-order valence-corrected chi connectivity index (χ4v) is 7.04. The van der Waals surface area contributed by atoms with Gasteiger partial charge >= 0.3 is 0 Å². The molecule has 1 aliphatic rings. The number of allylic oxidation sites excluding steroid dienone is 1. The van der Waals surface area contributed by atoms with Gasteiger partial charge in [0, 0.05) is 6.42 Å². The van der Waals surface area contributed by atoms with Gasteiger partial charge in [-0.2, -0.15) is 0 Å². The molecule has 1 heterocycles. The van der Waals surface area contributed by atoms with Crippen LogP contribution >= 0.6 is 0 Å². The minimum atomic E-state index is -1.56. The molecule has 9 nitrogen and oxygen atoms in total. The summed E-state index contributed by atoms with van der Waals surface area (Å²) in [5.41, 5.74) is 0. The molecule has 308 valence electrons. The maximum absolute atomic E-state index is 12.7. The molecule has 0 aromatic heterocycles. The van der Waals surface area contributed by atoms with E-state index in [1.807, 2.05) is 6.08 Å². The maximum Gasteiger partial charge on any atom is 0.220 e. The summed E-state index contributed by atoms with van der Waals surface area (Å²) in [4.78, 5) is 12.7. The Balaban J connectivity index is 2.19. The molecule has 7 atom stereocenters.